The van der Waals surface area contributed by atoms with Crippen LogP contribution >= 0.6 is 0 Å². The van der Waals surface area contributed by atoms with Gasteiger partial charge in [0.1, 0.15) is 5.75 Å². The van der Waals surface area contributed by atoms with Crippen LogP contribution in [0.3, 0.4) is 0 Å². The highest BCUT2D eigenvalue weighted by Crippen LogP contribution is 2.43. The van der Waals surface area contributed by atoms with E-state index in [0.29, 0.717) is 6.04 Å². The van der Waals surface area contributed by atoms with E-state index in [-0.39, 0.29) is 0 Å². The van der Waals surface area contributed by atoms with Crippen LogP contribution in [0.4, 0.5) is 5.69 Å². The first-order valence-corrected chi connectivity index (χ1v) is 11.1. The summed E-state index contributed by atoms with van der Waals surface area (Å²) in [7, 11) is 0. The number of anilines is 1. The molecule has 0 spiro atoms. The average Bonchev–Trinajstić information content (AvgIpc) is 3.12. The zero-order valence-corrected chi connectivity index (χ0v) is 16.3. The van der Waals surface area contributed by atoms with Crippen molar-refractivity contribution in [2.24, 2.45) is 11.8 Å². The minimum absolute atomic E-state index is 0.408. The monoisotopic (exact) mass is 368 g/mol. The average molecular weight is 369 g/mol. The highest BCUT2D eigenvalue weighted by molar-refractivity contribution is 5.73. The molecule has 1 saturated heterocycles. The molecule has 0 N–H and O–H groups in total. The first-order valence-electron chi connectivity index (χ1n) is 11.1. The Kier molecular flexibility index (Phi) is 4.85. The molecule has 4 atom stereocenters. The molecule has 2 saturated carbocycles. The van der Waals surface area contributed by atoms with Gasteiger partial charge in [-0.05, 0) is 56.1 Å². The first kappa shape index (κ1) is 17.5. The molecule has 146 valence electrons. The topological polar surface area (TPSA) is 32.8 Å². The number of hydrogen-bond donors (Lipinski definition) is 0. The molecule has 0 aromatic heterocycles. The van der Waals surface area contributed by atoms with Crippen molar-refractivity contribution in [2.45, 2.75) is 76.1 Å². The Morgan fingerprint density at radius 2 is 1.67 bits per heavy atom. The first-order chi connectivity index (χ1) is 13.3. The van der Waals surface area contributed by atoms with Crippen molar-refractivity contribution in [3.63, 3.8) is 0 Å². The van der Waals surface area contributed by atoms with E-state index in [1.54, 1.807) is 0 Å². The van der Waals surface area contributed by atoms with E-state index in [1.165, 1.54) is 44.9 Å². The number of para-hydroxylation sites is 2. The number of nitrogens with zero attached hydrogens (tertiary/aromatic N) is 2. The Balaban J connectivity index is 1.22. The van der Waals surface area contributed by atoms with Crippen LogP contribution in [0.15, 0.2) is 24.3 Å². The minimum atomic E-state index is -0.448. The highest BCUT2D eigenvalue weighted by atomic mass is 16.5. The molecule has 0 bridgehead atoms. The van der Waals surface area contributed by atoms with Gasteiger partial charge in [0, 0.05) is 25.2 Å². The smallest absolute Gasteiger partial charge is 0.229 e. The van der Waals surface area contributed by atoms with E-state index in [4.69, 9.17) is 4.74 Å². The predicted molar refractivity (Wildman–Crippen MR) is 107 cm³/mol. The third-order valence-corrected chi connectivity index (χ3v) is 7.70. The van der Waals surface area contributed by atoms with E-state index in [2.05, 4.69) is 15.9 Å². The third kappa shape index (κ3) is 3.26. The minimum Gasteiger partial charge on any atom is -0.461 e. The van der Waals surface area contributed by atoms with E-state index >= 15 is 0 Å². The van der Waals surface area contributed by atoms with Gasteiger partial charge in [-0.25, -0.2) is 0 Å². The molecule has 0 radical (unpaired) electrons. The fourth-order valence-corrected chi connectivity index (χ4v) is 6.30. The number of rotatable bonds is 3. The number of fused-ring (bicyclic) bond motifs is 2. The second-order valence-electron chi connectivity index (χ2n) is 9.06. The number of piperidine rings is 1. The number of carbonyl (C=O) groups is 1. The molecule has 4 nitrogen and oxygen atoms in total. The molecule has 27 heavy (non-hydrogen) atoms. The molecule has 1 aromatic rings. The molecule has 4 unspecified atom stereocenters. The lowest BCUT2D eigenvalue weighted by Gasteiger charge is -2.46. The van der Waals surface area contributed by atoms with Gasteiger partial charge in [0.25, 0.3) is 0 Å². The second kappa shape index (κ2) is 7.46. The quantitative estimate of drug-likeness (QED) is 0.748. The van der Waals surface area contributed by atoms with Crippen molar-refractivity contribution < 1.29 is 9.53 Å². The maximum absolute atomic E-state index is 11.6. The Morgan fingerprint density at radius 3 is 2.48 bits per heavy atom. The Morgan fingerprint density at radius 1 is 0.889 bits per heavy atom. The zero-order chi connectivity index (χ0) is 18.2. The molecular weight excluding hydrogens is 336 g/mol. The van der Waals surface area contributed by atoms with Gasteiger partial charge in [-0.3, -0.25) is 4.79 Å². The van der Waals surface area contributed by atoms with Crippen LogP contribution in [-0.2, 0) is 4.79 Å². The van der Waals surface area contributed by atoms with E-state index in [9.17, 15) is 4.79 Å². The molecule has 4 aliphatic rings. The standard InChI is InChI=1S/C23H32N2O2/c26-16-23-25(21-7-3-4-8-22(21)27-23)19-11-13-24(14-12-19)20-10-9-17-5-1-2-6-18(17)15-20/h3-4,7-8,16-20,23H,1-2,5-6,9-15H2. The molecule has 2 aliphatic heterocycles. The summed E-state index contributed by atoms with van der Waals surface area (Å²) >= 11 is 0. The summed E-state index contributed by atoms with van der Waals surface area (Å²) in [5.41, 5.74) is 1.09. The van der Waals surface area contributed by atoms with E-state index in [0.717, 1.165) is 61.5 Å². The number of ether oxygens (including phenoxy) is 1. The van der Waals surface area contributed by atoms with Crippen LogP contribution in [0.25, 0.3) is 0 Å². The van der Waals surface area contributed by atoms with Crippen LogP contribution < -0.4 is 9.64 Å². The van der Waals surface area contributed by atoms with Gasteiger partial charge in [-0.15, -0.1) is 0 Å². The van der Waals surface area contributed by atoms with Gasteiger partial charge >= 0.3 is 0 Å². The lowest BCUT2D eigenvalue weighted by atomic mass is 9.69. The summed E-state index contributed by atoms with van der Waals surface area (Å²) in [4.78, 5) is 16.6. The van der Waals surface area contributed by atoms with Gasteiger partial charge in [-0.1, -0.05) is 37.8 Å². The normalized spacial score (nSPS) is 34.6. The summed E-state index contributed by atoms with van der Waals surface area (Å²) in [5, 5.41) is 0. The summed E-state index contributed by atoms with van der Waals surface area (Å²) in [6.45, 7) is 2.33. The van der Waals surface area contributed by atoms with E-state index < -0.39 is 6.23 Å². The molecule has 1 aromatic carbocycles. The molecule has 2 heterocycles. The maximum Gasteiger partial charge on any atom is 0.229 e. The van der Waals surface area contributed by atoms with Crippen LogP contribution in [-0.4, -0.2) is 42.6 Å². The number of benzene rings is 1. The van der Waals surface area contributed by atoms with Crippen LogP contribution in [0, 0.1) is 11.8 Å². The van der Waals surface area contributed by atoms with Gasteiger partial charge in [-0.2, -0.15) is 0 Å². The molecule has 0 amide bonds. The largest absolute Gasteiger partial charge is 0.461 e. The van der Waals surface area contributed by atoms with Crippen molar-refractivity contribution in [3.8, 4) is 5.75 Å². The van der Waals surface area contributed by atoms with Gasteiger partial charge < -0.3 is 14.5 Å². The number of likely N-dealkylation sites (tertiary alicyclic amines) is 1. The second-order valence-corrected chi connectivity index (χ2v) is 9.06. The summed E-state index contributed by atoms with van der Waals surface area (Å²) in [6.07, 6.45) is 12.9. The lowest BCUT2D eigenvalue weighted by Crippen LogP contribution is -2.52. The van der Waals surface area contributed by atoms with Crippen molar-refractivity contribution in [1.82, 2.24) is 4.90 Å². The van der Waals surface area contributed by atoms with Crippen molar-refractivity contribution in [3.05, 3.63) is 24.3 Å². The molecular formula is C23H32N2O2. The molecule has 3 fully saturated rings. The Bertz CT molecular complexity index is 670. The van der Waals surface area contributed by atoms with E-state index in [1.807, 2.05) is 18.2 Å². The third-order valence-electron chi connectivity index (χ3n) is 7.70. The highest BCUT2D eigenvalue weighted by Gasteiger charge is 2.39. The lowest BCUT2D eigenvalue weighted by molar-refractivity contribution is -0.113. The van der Waals surface area contributed by atoms with Crippen molar-refractivity contribution in [2.75, 3.05) is 18.0 Å². The Hall–Kier alpha value is -1.55. The van der Waals surface area contributed by atoms with Gasteiger partial charge in [0.05, 0.1) is 5.69 Å². The Labute approximate surface area is 162 Å². The fourth-order valence-electron chi connectivity index (χ4n) is 6.30. The van der Waals surface area contributed by atoms with Crippen LogP contribution in [0.2, 0.25) is 0 Å². The molecule has 4 heteroatoms. The predicted octanol–water partition coefficient (Wildman–Crippen LogP) is 4.23. The summed E-state index contributed by atoms with van der Waals surface area (Å²) in [6, 6.07) is 9.30. The van der Waals surface area contributed by atoms with Crippen LogP contribution in [0.1, 0.15) is 57.8 Å². The summed E-state index contributed by atoms with van der Waals surface area (Å²) < 4.78 is 5.87. The van der Waals surface area contributed by atoms with Crippen molar-refractivity contribution in [1.29, 1.82) is 0 Å². The zero-order valence-electron chi connectivity index (χ0n) is 16.3. The fraction of sp³-hybridized carbons (Fsp3) is 0.696. The number of aldehydes is 1. The maximum atomic E-state index is 11.6. The van der Waals surface area contributed by atoms with Crippen LogP contribution in [0.5, 0.6) is 5.75 Å². The number of hydrogen-bond acceptors (Lipinski definition) is 4. The number of carbonyl (C=O) groups excluding carboxylic acids is 1. The SMILES string of the molecule is O=CC1Oc2ccccc2N1C1CCN(C2CCC3CCCCC3C2)CC1. The van der Waals surface area contributed by atoms with Crippen molar-refractivity contribution >= 4 is 12.0 Å². The summed E-state index contributed by atoms with van der Waals surface area (Å²) in [5.74, 6) is 2.88. The van der Waals surface area contributed by atoms with Gasteiger partial charge in [0.2, 0.25) is 6.23 Å². The molecule has 5 rings (SSSR count). The molecule has 2 aliphatic carbocycles. The van der Waals surface area contributed by atoms with Gasteiger partial charge in [0.15, 0.2) is 6.29 Å².